The van der Waals surface area contributed by atoms with Gasteiger partial charge in [0, 0.05) is 24.3 Å². The maximum Gasteiger partial charge on any atom is 0.0411 e. The van der Waals surface area contributed by atoms with Crippen LogP contribution >= 0.6 is 0 Å². The summed E-state index contributed by atoms with van der Waals surface area (Å²) in [5, 5.41) is 0. The summed E-state index contributed by atoms with van der Waals surface area (Å²) in [6.45, 7) is 11.4. The monoisotopic (exact) mass is 296 g/mol. The predicted molar refractivity (Wildman–Crippen MR) is 92.8 cm³/mol. The van der Waals surface area contributed by atoms with E-state index in [4.69, 9.17) is 0 Å². The van der Waals surface area contributed by atoms with Crippen LogP contribution in [-0.2, 0) is 19.3 Å². The van der Waals surface area contributed by atoms with Crippen LogP contribution in [0.1, 0.15) is 51.4 Å². The maximum atomic E-state index is 4.58. The molecule has 22 heavy (non-hydrogen) atoms. The summed E-state index contributed by atoms with van der Waals surface area (Å²) in [6.07, 6.45) is 8.84. The van der Waals surface area contributed by atoms with Crippen molar-refractivity contribution in [1.29, 1.82) is 0 Å². The molecule has 0 atom stereocenters. The summed E-state index contributed by atoms with van der Waals surface area (Å²) < 4.78 is 0. The van der Waals surface area contributed by atoms with E-state index in [2.05, 4.69) is 62.8 Å². The van der Waals surface area contributed by atoms with Gasteiger partial charge < -0.3 is 0 Å². The Balaban J connectivity index is 2.07. The first-order chi connectivity index (χ1) is 10.2. The summed E-state index contributed by atoms with van der Waals surface area (Å²) in [5.74, 6) is 0. The van der Waals surface area contributed by atoms with E-state index in [-0.39, 0.29) is 5.41 Å². The molecule has 2 heteroatoms. The van der Waals surface area contributed by atoms with Crippen molar-refractivity contribution in [2.75, 3.05) is 0 Å². The van der Waals surface area contributed by atoms with Gasteiger partial charge in [0.05, 0.1) is 0 Å². The summed E-state index contributed by atoms with van der Waals surface area (Å²) >= 11 is 0. The van der Waals surface area contributed by atoms with Crippen molar-refractivity contribution in [3.05, 3.63) is 59.7 Å². The van der Waals surface area contributed by atoms with E-state index in [9.17, 15) is 0 Å². The SMILES string of the molecule is CC(C)(C)Cc1ccnc(CC(C)(C)Cc2cccnc2)c1. The summed E-state index contributed by atoms with van der Waals surface area (Å²) in [4.78, 5) is 8.80. The third-order valence-corrected chi connectivity index (χ3v) is 3.68. The molecule has 0 aromatic carbocycles. The molecule has 0 saturated carbocycles. The quantitative estimate of drug-likeness (QED) is 0.786. The highest BCUT2D eigenvalue weighted by Gasteiger charge is 2.20. The lowest BCUT2D eigenvalue weighted by Crippen LogP contribution is -2.19. The van der Waals surface area contributed by atoms with E-state index < -0.39 is 0 Å². The van der Waals surface area contributed by atoms with Crippen molar-refractivity contribution in [1.82, 2.24) is 9.97 Å². The molecule has 0 spiro atoms. The minimum absolute atomic E-state index is 0.177. The van der Waals surface area contributed by atoms with E-state index in [1.165, 1.54) is 16.8 Å². The lowest BCUT2D eigenvalue weighted by atomic mass is 9.81. The molecule has 2 rings (SSSR count). The highest BCUT2D eigenvalue weighted by Crippen LogP contribution is 2.27. The van der Waals surface area contributed by atoms with Gasteiger partial charge in [0.1, 0.15) is 0 Å². The minimum Gasteiger partial charge on any atom is -0.264 e. The summed E-state index contributed by atoms with van der Waals surface area (Å²) in [5.41, 5.74) is 4.35. The molecule has 0 aliphatic heterocycles. The van der Waals surface area contributed by atoms with Crippen LogP contribution in [0.5, 0.6) is 0 Å². The van der Waals surface area contributed by atoms with Crippen LogP contribution in [0.3, 0.4) is 0 Å². The standard InChI is InChI=1S/C20H28N2/c1-19(2,3)12-16-8-10-22-18(11-16)14-20(4,5)13-17-7-6-9-21-15-17/h6-11,15H,12-14H2,1-5H3. The molecule has 0 aliphatic rings. The third kappa shape index (κ3) is 5.59. The normalized spacial score (nSPS) is 12.4. The van der Waals surface area contributed by atoms with Gasteiger partial charge in [-0.05, 0) is 59.4 Å². The molecule has 0 fully saturated rings. The van der Waals surface area contributed by atoms with Gasteiger partial charge in [-0.25, -0.2) is 0 Å². The summed E-state index contributed by atoms with van der Waals surface area (Å²) in [6, 6.07) is 8.57. The first-order valence-electron chi connectivity index (χ1n) is 8.06. The highest BCUT2D eigenvalue weighted by atomic mass is 14.7. The lowest BCUT2D eigenvalue weighted by molar-refractivity contribution is 0.356. The largest absolute Gasteiger partial charge is 0.264 e. The second-order valence-corrected chi connectivity index (χ2v) is 8.27. The van der Waals surface area contributed by atoms with Gasteiger partial charge in [-0.2, -0.15) is 0 Å². The van der Waals surface area contributed by atoms with Gasteiger partial charge in [0.25, 0.3) is 0 Å². The zero-order chi connectivity index (χ0) is 16.2. The van der Waals surface area contributed by atoms with Crippen molar-refractivity contribution in [2.45, 2.75) is 53.9 Å². The van der Waals surface area contributed by atoms with Crippen molar-refractivity contribution in [3.63, 3.8) is 0 Å². The maximum absolute atomic E-state index is 4.58. The second kappa shape index (κ2) is 6.60. The first kappa shape index (κ1) is 16.7. The fraction of sp³-hybridized carbons (Fsp3) is 0.500. The first-order valence-corrected chi connectivity index (χ1v) is 8.06. The van der Waals surface area contributed by atoms with Crippen LogP contribution in [-0.4, -0.2) is 9.97 Å². The lowest BCUT2D eigenvalue weighted by Gasteiger charge is -2.25. The Labute approximate surface area is 135 Å². The molecular weight excluding hydrogens is 268 g/mol. The van der Waals surface area contributed by atoms with Crippen LogP contribution in [0.2, 0.25) is 0 Å². The van der Waals surface area contributed by atoms with Crippen LogP contribution in [0, 0.1) is 10.8 Å². The average Bonchev–Trinajstić information content (AvgIpc) is 2.36. The van der Waals surface area contributed by atoms with Crippen LogP contribution < -0.4 is 0 Å². The van der Waals surface area contributed by atoms with E-state index in [0.717, 1.165) is 19.3 Å². The van der Waals surface area contributed by atoms with Crippen LogP contribution in [0.15, 0.2) is 42.9 Å². The number of hydrogen-bond donors (Lipinski definition) is 0. The van der Waals surface area contributed by atoms with E-state index in [1.54, 1.807) is 0 Å². The summed E-state index contributed by atoms with van der Waals surface area (Å²) in [7, 11) is 0. The van der Waals surface area contributed by atoms with Gasteiger partial charge in [0.2, 0.25) is 0 Å². The molecule has 118 valence electrons. The predicted octanol–water partition coefficient (Wildman–Crippen LogP) is 4.88. The Kier molecular flexibility index (Phi) is 5.00. The molecule has 0 aliphatic carbocycles. The molecule has 2 heterocycles. The average molecular weight is 296 g/mol. The highest BCUT2D eigenvalue weighted by molar-refractivity contribution is 5.19. The topological polar surface area (TPSA) is 25.8 Å². The van der Waals surface area contributed by atoms with Crippen molar-refractivity contribution in [2.24, 2.45) is 10.8 Å². The third-order valence-electron chi connectivity index (χ3n) is 3.68. The molecule has 2 nitrogen and oxygen atoms in total. The molecule has 0 N–H and O–H groups in total. The zero-order valence-corrected chi connectivity index (χ0v) is 14.6. The van der Waals surface area contributed by atoms with Gasteiger partial charge in [-0.3, -0.25) is 9.97 Å². The number of rotatable bonds is 5. The molecule has 0 radical (unpaired) electrons. The molecule has 2 aromatic rings. The van der Waals surface area contributed by atoms with E-state index >= 15 is 0 Å². The molecular formula is C20H28N2. The van der Waals surface area contributed by atoms with Crippen molar-refractivity contribution in [3.8, 4) is 0 Å². The Hall–Kier alpha value is -1.70. The van der Waals surface area contributed by atoms with Crippen molar-refractivity contribution >= 4 is 0 Å². The van der Waals surface area contributed by atoms with Crippen LogP contribution in [0.25, 0.3) is 0 Å². The van der Waals surface area contributed by atoms with E-state index in [0.29, 0.717) is 5.41 Å². The van der Waals surface area contributed by atoms with Crippen LogP contribution in [0.4, 0.5) is 0 Å². The zero-order valence-electron chi connectivity index (χ0n) is 14.6. The molecule has 0 bridgehead atoms. The molecule has 0 amide bonds. The molecule has 2 aromatic heterocycles. The number of hydrogen-bond acceptors (Lipinski definition) is 2. The smallest absolute Gasteiger partial charge is 0.0411 e. The number of nitrogens with zero attached hydrogens (tertiary/aromatic N) is 2. The van der Waals surface area contributed by atoms with Gasteiger partial charge in [-0.1, -0.05) is 40.7 Å². The van der Waals surface area contributed by atoms with Gasteiger partial charge in [-0.15, -0.1) is 0 Å². The second-order valence-electron chi connectivity index (χ2n) is 8.27. The fourth-order valence-electron chi connectivity index (χ4n) is 2.96. The van der Waals surface area contributed by atoms with Gasteiger partial charge in [0.15, 0.2) is 0 Å². The van der Waals surface area contributed by atoms with Crippen molar-refractivity contribution < 1.29 is 0 Å². The molecule has 0 saturated heterocycles. The Morgan fingerprint density at radius 2 is 1.64 bits per heavy atom. The minimum atomic E-state index is 0.177. The van der Waals surface area contributed by atoms with E-state index in [1.807, 2.05) is 24.7 Å². The number of pyridine rings is 2. The Bertz CT molecular complexity index is 595. The fourth-order valence-corrected chi connectivity index (χ4v) is 2.96. The Morgan fingerprint density at radius 3 is 2.27 bits per heavy atom. The molecule has 0 unspecified atom stereocenters. The Morgan fingerprint density at radius 1 is 0.864 bits per heavy atom. The van der Waals surface area contributed by atoms with Gasteiger partial charge >= 0.3 is 0 Å². The number of aromatic nitrogens is 2.